The molecule has 1 aliphatic rings. The summed E-state index contributed by atoms with van der Waals surface area (Å²) in [5.41, 5.74) is 4.72. The van der Waals surface area contributed by atoms with E-state index in [-0.39, 0.29) is 20.4 Å². The van der Waals surface area contributed by atoms with E-state index in [0.29, 0.717) is 13.1 Å². The molecule has 1 aromatic carbocycles. The Hall–Kier alpha value is -1.94. The van der Waals surface area contributed by atoms with Gasteiger partial charge in [-0.15, -0.1) is 11.3 Å². The van der Waals surface area contributed by atoms with Crippen molar-refractivity contribution in [2.75, 3.05) is 13.1 Å². The van der Waals surface area contributed by atoms with Crippen LogP contribution in [0.3, 0.4) is 0 Å². The molecule has 2 heterocycles. The van der Waals surface area contributed by atoms with Crippen molar-refractivity contribution in [2.45, 2.75) is 24.2 Å². The first-order valence-corrected chi connectivity index (χ1v) is 11.0. The second kappa shape index (κ2) is 8.39. The van der Waals surface area contributed by atoms with E-state index >= 15 is 0 Å². The summed E-state index contributed by atoms with van der Waals surface area (Å²) in [7, 11) is -3.74. The molecule has 0 bridgehead atoms. The zero-order valence-electron chi connectivity index (χ0n) is 14.3. The first-order chi connectivity index (χ1) is 12.9. The fourth-order valence-electron chi connectivity index (χ4n) is 2.79. The van der Waals surface area contributed by atoms with Crippen molar-refractivity contribution in [3.8, 4) is 0 Å². The van der Waals surface area contributed by atoms with Gasteiger partial charge in [-0.2, -0.15) is 4.31 Å². The molecule has 0 atom stereocenters. The smallest absolute Gasteiger partial charge is 0.267 e. The van der Waals surface area contributed by atoms with Crippen molar-refractivity contribution in [2.24, 2.45) is 0 Å². The van der Waals surface area contributed by atoms with Gasteiger partial charge in [0.15, 0.2) is 0 Å². The molecule has 0 radical (unpaired) electrons. The van der Waals surface area contributed by atoms with Crippen LogP contribution in [0.4, 0.5) is 0 Å². The summed E-state index contributed by atoms with van der Waals surface area (Å²) in [6.07, 6.45) is 2.61. The highest BCUT2D eigenvalue weighted by atomic mass is 35.5. The Morgan fingerprint density at radius 3 is 2.37 bits per heavy atom. The number of hydrogen-bond acceptors (Lipinski definition) is 5. The Balaban J connectivity index is 1.72. The predicted molar refractivity (Wildman–Crippen MR) is 103 cm³/mol. The summed E-state index contributed by atoms with van der Waals surface area (Å²) in [5, 5.41) is 1.79. The van der Waals surface area contributed by atoms with Crippen LogP contribution in [0.25, 0.3) is 0 Å². The molecule has 7 nitrogen and oxygen atoms in total. The molecule has 0 saturated carbocycles. The first-order valence-electron chi connectivity index (χ1n) is 8.34. The van der Waals surface area contributed by atoms with Gasteiger partial charge < -0.3 is 0 Å². The van der Waals surface area contributed by atoms with Gasteiger partial charge >= 0.3 is 0 Å². The zero-order chi connectivity index (χ0) is 19.4. The van der Waals surface area contributed by atoms with Crippen LogP contribution in [-0.4, -0.2) is 37.6 Å². The lowest BCUT2D eigenvalue weighted by Crippen LogP contribution is -2.42. The summed E-state index contributed by atoms with van der Waals surface area (Å²) in [4.78, 5) is 24.6. The SMILES string of the molecule is O=C(NNC(=O)c1sccc1S(=O)(=O)N1CCCCC1)c1ccccc1Cl. The van der Waals surface area contributed by atoms with Crippen LogP contribution in [0, 0.1) is 0 Å². The Bertz CT molecular complexity index is 953. The second-order valence-electron chi connectivity index (χ2n) is 5.97. The largest absolute Gasteiger partial charge is 0.281 e. The average molecular weight is 428 g/mol. The van der Waals surface area contributed by atoms with Gasteiger partial charge in [0, 0.05) is 13.1 Å². The molecule has 1 aromatic heterocycles. The van der Waals surface area contributed by atoms with Gasteiger partial charge in [0.25, 0.3) is 11.8 Å². The van der Waals surface area contributed by atoms with Crippen LogP contribution in [-0.2, 0) is 10.0 Å². The molecule has 3 rings (SSSR count). The van der Waals surface area contributed by atoms with Crippen LogP contribution in [0.1, 0.15) is 39.3 Å². The van der Waals surface area contributed by atoms with Gasteiger partial charge in [0.1, 0.15) is 9.77 Å². The van der Waals surface area contributed by atoms with Crippen LogP contribution in [0.15, 0.2) is 40.6 Å². The summed E-state index contributed by atoms with van der Waals surface area (Å²) in [6, 6.07) is 7.81. The third-order valence-electron chi connectivity index (χ3n) is 4.18. The van der Waals surface area contributed by atoms with Gasteiger partial charge in [-0.1, -0.05) is 30.2 Å². The summed E-state index contributed by atoms with van der Waals surface area (Å²) >= 11 is 6.95. The number of nitrogens with one attached hydrogen (secondary N) is 2. The van der Waals surface area contributed by atoms with Crippen molar-refractivity contribution in [1.29, 1.82) is 0 Å². The molecule has 0 spiro atoms. The third-order valence-corrected chi connectivity index (χ3v) is 7.49. The number of halogens is 1. The molecule has 144 valence electrons. The van der Waals surface area contributed by atoms with Gasteiger partial charge in [-0.3, -0.25) is 20.4 Å². The normalized spacial score (nSPS) is 15.3. The van der Waals surface area contributed by atoms with Crippen molar-refractivity contribution in [1.82, 2.24) is 15.2 Å². The van der Waals surface area contributed by atoms with Gasteiger partial charge in [0.05, 0.1) is 10.6 Å². The summed E-state index contributed by atoms with van der Waals surface area (Å²) in [6.45, 7) is 0.894. The Morgan fingerprint density at radius 1 is 1.00 bits per heavy atom. The maximum absolute atomic E-state index is 12.8. The minimum absolute atomic E-state index is 0.0278. The number of hydrogen-bond donors (Lipinski definition) is 2. The number of nitrogens with zero attached hydrogens (tertiary/aromatic N) is 1. The predicted octanol–water partition coefficient (Wildman–Crippen LogP) is 2.65. The van der Waals surface area contributed by atoms with E-state index in [2.05, 4.69) is 10.9 Å². The van der Waals surface area contributed by atoms with Gasteiger partial charge in [-0.05, 0) is 36.4 Å². The number of carbonyl (C=O) groups is 2. The van der Waals surface area contributed by atoms with E-state index in [0.717, 1.165) is 30.6 Å². The number of thiophene rings is 1. The molecular weight excluding hydrogens is 410 g/mol. The molecule has 1 saturated heterocycles. The lowest BCUT2D eigenvalue weighted by Gasteiger charge is -2.25. The van der Waals surface area contributed by atoms with E-state index < -0.39 is 21.8 Å². The number of piperidine rings is 1. The van der Waals surface area contributed by atoms with E-state index in [9.17, 15) is 18.0 Å². The number of benzene rings is 1. The Labute approximate surface area is 166 Å². The van der Waals surface area contributed by atoms with E-state index in [1.807, 2.05) is 0 Å². The second-order valence-corrected chi connectivity index (χ2v) is 9.20. The molecular formula is C17H18ClN3O4S2. The maximum Gasteiger partial charge on any atom is 0.281 e. The number of hydrazine groups is 1. The molecule has 2 N–H and O–H groups in total. The zero-order valence-corrected chi connectivity index (χ0v) is 16.7. The number of carbonyl (C=O) groups excluding carboxylic acids is 2. The standard InChI is InChI=1S/C17H18ClN3O4S2/c18-13-7-3-2-6-12(13)16(22)19-20-17(23)15-14(8-11-26-15)27(24,25)21-9-4-1-5-10-21/h2-3,6-8,11H,1,4-5,9-10H2,(H,19,22)(H,20,23). The first kappa shape index (κ1) is 19.8. The number of amides is 2. The van der Waals surface area contributed by atoms with Crippen molar-refractivity contribution in [3.63, 3.8) is 0 Å². The molecule has 2 amide bonds. The fourth-order valence-corrected chi connectivity index (χ4v) is 5.83. The van der Waals surface area contributed by atoms with Gasteiger partial charge in [0.2, 0.25) is 10.0 Å². The van der Waals surface area contributed by atoms with Crippen molar-refractivity contribution < 1.29 is 18.0 Å². The summed E-state index contributed by atoms with van der Waals surface area (Å²) < 4.78 is 27.1. The highest BCUT2D eigenvalue weighted by molar-refractivity contribution is 7.89. The molecule has 1 fully saturated rings. The van der Waals surface area contributed by atoms with Crippen LogP contribution in [0.5, 0.6) is 0 Å². The molecule has 2 aromatic rings. The molecule has 0 aliphatic carbocycles. The highest BCUT2D eigenvalue weighted by Gasteiger charge is 2.31. The van der Waals surface area contributed by atoms with E-state index in [4.69, 9.17) is 11.6 Å². The maximum atomic E-state index is 12.8. The van der Waals surface area contributed by atoms with Crippen molar-refractivity contribution in [3.05, 3.63) is 51.2 Å². The minimum atomic E-state index is -3.74. The average Bonchev–Trinajstić information content (AvgIpc) is 3.18. The lowest BCUT2D eigenvalue weighted by molar-refractivity contribution is 0.0847. The molecule has 0 unspecified atom stereocenters. The Morgan fingerprint density at radius 2 is 1.67 bits per heavy atom. The number of rotatable bonds is 4. The van der Waals surface area contributed by atoms with Gasteiger partial charge in [-0.25, -0.2) is 8.42 Å². The molecule has 27 heavy (non-hydrogen) atoms. The lowest BCUT2D eigenvalue weighted by atomic mass is 10.2. The monoisotopic (exact) mass is 427 g/mol. The molecule has 10 heteroatoms. The summed E-state index contributed by atoms with van der Waals surface area (Å²) in [5.74, 6) is -1.29. The van der Waals surface area contributed by atoms with Crippen LogP contribution >= 0.6 is 22.9 Å². The van der Waals surface area contributed by atoms with E-state index in [1.165, 1.54) is 16.4 Å². The van der Waals surface area contributed by atoms with E-state index in [1.54, 1.807) is 23.6 Å². The molecule has 1 aliphatic heterocycles. The fraction of sp³-hybridized carbons (Fsp3) is 0.294. The van der Waals surface area contributed by atoms with Crippen LogP contribution < -0.4 is 10.9 Å². The topological polar surface area (TPSA) is 95.6 Å². The highest BCUT2D eigenvalue weighted by Crippen LogP contribution is 2.27. The minimum Gasteiger partial charge on any atom is -0.267 e. The number of sulfonamides is 1. The third kappa shape index (κ3) is 4.32. The Kier molecular flexibility index (Phi) is 6.15. The van der Waals surface area contributed by atoms with Crippen LogP contribution in [0.2, 0.25) is 5.02 Å². The quantitative estimate of drug-likeness (QED) is 0.733. The van der Waals surface area contributed by atoms with Crippen molar-refractivity contribution >= 4 is 44.8 Å².